The lowest BCUT2D eigenvalue weighted by Gasteiger charge is -2.16. The monoisotopic (exact) mass is 539 g/mol. The normalized spacial score (nSPS) is 12.8. The van der Waals surface area contributed by atoms with E-state index in [1.165, 1.54) is 19.1 Å². The fourth-order valence-corrected chi connectivity index (χ4v) is 3.63. The van der Waals surface area contributed by atoms with Gasteiger partial charge in [0.15, 0.2) is 12.0 Å². The third-order valence-corrected chi connectivity index (χ3v) is 5.47. The first-order chi connectivity index (χ1) is 17.8. The Balaban J connectivity index is 1.75. The number of carbonyl (C=O) groups excluding carboxylic acids is 1. The molecule has 3 heterocycles. The van der Waals surface area contributed by atoms with Crippen LogP contribution in [0.15, 0.2) is 67.1 Å². The van der Waals surface area contributed by atoms with E-state index in [9.17, 15) is 40.7 Å². The number of benzene rings is 1. The Morgan fingerprint density at radius 1 is 1.03 bits per heavy atom. The molecule has 0 fully saturated rings. The Bertz CT molecular complexity index is 1480. The summed E-state index contributed by atoms with van der Waals surface area (Å²) in [6.45, 7) is 1.37. The van der Waals surface area contributed by atoms with E-state index in [2.05, 4.69) is 15.4 Å². The summed E-state index contributed by atoms with van der Waals surface area (Å²) in [5.41, 5.74) is -3.66. The summed E-state index contributed by atoms with van der Waals surface area (Å²) in [5, 5.41) is 18.4. The van der Waals surface area contributed by atoms with Crippen LogP contribution < -0.4 is 10.0 Å². The number of amides is 1. The standard InChI is InChI=1S/C24H16F7N5O2/c1-13(14-6-8-19(24(29,30)31)36(38)11-14)33-22(37)17-12-35(20-9-7-15(25)10-32-20)34-21(17)16-4-2-3-5-18(16)23(26,27)28/h2-13H,1H3,(H,33,37)/t13-/m1/s1. The molecule has 0 aliphatic carbocycles. The van der Waals surface area contributed by atoms with Gasteiger partial charge in [-0.2, -0.15) is 36.2 Å². The zero-order valence-electron chi connectivity index (χ0n) is 19.2. The molecule has 4 aromatic rings. The van der Waals surface area contributed by atoms with Crippen molar-refractivity contribution in [1.29, 1.82) is 0 Å². The average molecular weight is 539 g/mol. The summed E-state index contributed by atoms with van der Waals surface area (Å²) in [5.74, 6) is -1.61. The Labute approximate surface area is 209 Å². The maximum Gasteiger partial charge on any atom is 0.478 e. The quantitative estimate of drug-likeness (QED) is 0.214. The van der Waals surface area contributed by atoms with Crippen LogP contribution >= 0.6 is 0 Å². The summed E-state index contributed by atoms with van der Waals surface area (Å²) in [7, 11) is 0. The number of alkyl halides is 6. The highest BCUT2D eigenvalue weighted by Crippen LogP contribution is 2.38. The molecule has 0 bridgehead atoms. The molecule has 38 heavy (non-hydrogen) atoms. The third kappa shape index (κ3) is 5.43. The number of aromatic nitrogens is 4. The number of halogens is 7. The first-order valence-electron chi connectivity index (χ1n) is 10.7. The molecule has 4 rings (SSSR count). The first-order valence-corrected chi connectivity index (χ1v) is 10.7. The highest BCUT2D eigenvalue weighted by molar-refractivity contribution is 6.00. The van der Waals surface area contributed by atoms with Crippen LogP contribution in [0.4, 0.5) is 30.7 Å². The van der Waals surface area contributed by atoms with E-state index in [0.29, 0.717) is 12.3 Å². The van der Waals surface area contributed by atoms with Crippen LogP contribution in [0.2, 0.25) is 0 Å². The van der Waals surface area contributed by atoms with Gasteiger partial charge in [-0.3, -0.25) is 4.79 Å². The lowest BCUT2D eigenvalue weighted by atomic mass is 10.0. The SMILES string of the molecule is C[C@@H](NC(=O)c1cn(-c2ccc(F)cn2)nc1-c1ccccc1C(F)(F)F)c1ccc(C(F)(F)F)[n+]([O-])c1. The van der Waals surface area contributed by atoms with Crippen molar-refractivity contribution in [3.8, 4) is 17.1 Å². The van der Waals surface area contributed by atoms with Crippen molar-refractivity contribution in [2.45, 2.75) is 25.3 Å². The maximum atomic E-state index is 13.7. The molecule has 0 unspecified atom stereocenters. The van der Waals surface area contributed by atoms with Crippen molar-refractivity contribution in [3.63, 3.8) is 0 Å². The van der Waals surface area contributed by atoms with Gasteiger partial charge in [-0.15, -0.1) is 0 Å². The van der Waals surface area contributed by atoms with Crippen LogP contribution in [-0.4, -0.2) is 20.7 Å². The van der Waals surface area contributed by atoms with Crippen molar-refractivity contribution >= 4 is 5.91 Å². The van der Waals surface area contributed by atoms with Crippen molar-refractivity contribution in [2.24, 2.45) is 0 Å². The molecule has 1 N–H and O–H groups in total. The number of nitrogens with zero attached hydrogens (tertiary/aromatic N) is 4. The van der Waals surface area contributed by atoms with Gasteiger partial charge in [-0.05, 0) is 31.2 Å². The summed E-state index contributed by atoms with van der Waals surface area (Å²) >= 11 is 0. The van der Waals surface area contributed by atoms with E-state index in [0.717, 1.165) is 47.4 Å². The second-order valence-corrected chi connectivity index (χ2v) is 8.08. The summed E-state index contributed by atoms with van der Waals surface area (Å²) in [4.78, 5) is 17.0. The maximum absolute atomic E-state index is 13.7. The third-order valence-electron chi connectivity index (χ3n) is 5.47. The van der Waals surface area contributed by atoms with E-state index < -0.39 is 46.9 Å². The summed E-state index contributed by atoms with van der Waals surface area (Å²) in [6, 6.07) is 7.16. The van der Waals surface area contributed by atoms with Gasteiger partial charge in [0, 0.05) is 23.4 Å². The molecule has 1 amide bonds. The van der Waals surface area contributed by atoms with Crippen LogP contribution in [0.5, 0.6) is 0 Å². The smallest absolute Gasteiger partial charge is 0.478 e. The minimum absolute atomic E-state index is 0.000579. The van der Waals surface area contributed by atoms with Gasteiger partial charge in [0.2, 0.25) is 0 Å². The molecule has 1 atom stereocenters. The van der Waals surface area contributed by atoms with Gasteiger partial charge in [0.1, 0.15) is 11.5 Å². The highest BCUT2D eigenvalue weighted by atomic mass is 19.4. The Hall–Kier alpha value is -4.49. The second-order valence-electron chi connectivity index (χ2n) is 8.08. The molecule has 3 aromatic heterocycles. The highest BCUT2D eigenvalue weighted by Gasteiger charge is 2.40. The molecule has 1 aromatic carbocycles. The molecular weight excluding hydrogens is 523 g/mol. The molecule has 0 saturated heterocycles. The molecular formula is C24H16F7N5O2. The van der Waals surface area contributed by atoms with E-state index >= 15 is 0 Å². The molecule has 0 aliphatic rings. The van der Waals surface area contributed by atoms with Gasteiger partial charge < -0.3 is 10.5 Å². The first kappa shape index (κ1) is 26.6. The molecule has 0 aliphatic heterocycles. The molecule has 198 valence electrons. The van der Waals surface area contributed by atoms with E-state index in [-0.39, 0.29) is 27.4 Å². The fourth-order valence-electron chi connectivity index (χ4n) is 3.63. The van der Waals surface area contributed by atoms with Gasteiger partial charge in [0.05, 0.1) is 23.4 Å². The minimum Gasteiger partial charge on any atom is -0.618 e. The number of hydrogen-bond donors (Lipinski definition) is 1. The van der Waals surface area contributed by atoms with E-state index in [1.807, 2.05) is 0 Å². The van der Waals surface area contributed by atoms with Gasteiger partial charge in [-0.25, -0.2) is 14.1 Å². The lowest BCUT2D eigenvalue weighted by Crippen LogP contribution is -2.38. The Kier molecular flexibility index (Phi) is 6.82. The van der Waals surface area contributed by atoms with Crippen molar-refractivity contribution in [1.82, 2.24) is 20.1 Å². The summed E-state index contributed by atoms with van der Waals surface area (Å²) in [6.07, 6.45) is -7.11. The molecule has 7 nitrogen and oxygen atoms in total. The molecule has 0 spiro atoms. The minimum atomic E-state index is -4.89. The number of hydrogen-bond acceptors (Lipinski definition) is 4. The van der Waals surface area contributed by atoms with Gasteiger partial charge >= 0.3 is 12.4 Å². The molecule has 0 saturated carbocycles. The van der Waals surface area contributed by atoms with Crippen LogP contribution in [0.3, 0.4) is 0 Å². The van der Waals surface area contributed by atoms with Crippen LogP contribution in [0.1, 0.15) is 40.1 Å². The van der Waals surface area contributed by atoms with Gasteiger partial charge in [-0.1, -0.05) is 18.2 Å². The Morgan fingerprint density at radius 3 is 2.34 bits per heavy atom. The average Bonchev–Trinajstić information content (AvgIpc) is 3.28. The lowest BCUT2D eigenvalue weighted by molar-refractivity contribution is -0.629. The van der Waals surface area contributed by atoms with Crippen LogP contribution in [0.25, 0.3) is 17.1 Å². The second kappa shape index (κ2) is 9.76. The predicted octanol–water partition coefficient (Wildman–Crippen LogP) is 5.24. The fraction of sp³-hybridized carbons (Fsp3) is 0.167. The summed E-state index contributed by atoms with van der Waals surface area (Å²) < 4.78 is 93.8. The van der Waals surface area contributed by atoms with E-state index in [1.54, 1.807) is 0 Å². The topological polar surface area (TPSA) is 86.8 Å². The van der Waals surface area contributed by atoms with Crippen LogP contribution in [-0.2, 0) is 12.4 Å². The predicted molar refractivity (Wildman–Crippen MR) is 118 cm³/mol. The van der Waals surface area contributed by atoms with Gasteiger partial charge in [0.25, 0.3) is 11.6 Å². The number of carbonyl (C=O) groups is 1. The van der Waals surface area contributed by atoms with Crippen molar-refractivity contribution in [2.75, 3.05) is 0 Å². The molecule has 0 radical (unpaired) electrons. The van der Waals surface area contributed by atoms with Crippen molar-refractivity contribution in [3.05, 3.63) is 101 Å². The number of nitrogens with one attached hydrogen (secondary N) is 1. The molecule has 14 heteroatoms. The zero-order valence-corrected chi connectivity index (χ0v) is 19.2. The number of pyridine rings is 2. The van der Waals surface area contributed by atoms with E-state index in [4.69, 9.17) is 0 Å². The zero-order chi connectivity index (χ0) is 27.8. The van der Waals surface area contributed by atoms with Crippen LogP contribution in [0, 0.1) is 11.0 Å². The van der Waals surface area contributed by atoms with Crippen molar-refractivity contribution < 1.29 is 40.3 Å². The largest absolute Gasteiger partial charge is 0.618 e. The number of rotatable bonds is 5. The Morgan fingerprint density at radius 2 is 1.74 bits per heavy atom.